The van der Waals surface area contributed by atoms with Gasteiger partial charge in [0.25, 0.3) is 11.8 Å². The van der Waals surface area contributed by atoms with E-state index in [1.165, 1.54) is 20.3 Å². The van der Waals surface area contributed by atoms with E-state index < -0.39 is 0 Å². The van der Waals surface area contributed by atoms with Crippen LogP contribution in [0.4, 0.5) is 0 Å². The van der Waals surface area contributed by atoms with E-state index in [1.807, 2.05) is 39.0 Å². The Kier molecular flexibility index (Phi) is 9.86. The van der Waals surface area contributed by atoms with Gasteiger partial charge in [0.05, 0.1) is 25.6 Å². The van der Waals surface area contributed by atoms with Gasteiger partial charge in [-0.2, -0.15) is 0 Å². The number of hydrogen-bond donors (Lipinski definition) is 3. The number of H-pyrrole nitrogens is 2. The predicted octanol–water partition coefficient (Wildman–Crippen LogP) is 3.24. The van der Waals surface area contributed by atoms with Crippen LogP contribution in [0.2, 0.25) is 0 Å². The van der Waals surface area contributed by atoms with Crippen molar-refractivity contribution in [2.45, 2.75) is 53.4 Å². The van der Waals surface area contributed by atoms with Gasteiger partial charge in [-0.1, -0.05) is 25.3 Å². The Morgan fingerprint density at radius 2 is 1.38 bits per heavy atom. The lowest BCUT2D eigenvalue weighted by molar-refractivity contribution is -0.141. The largest absolute Gasteiger partial charge is 0.469 e. The topological polar surface area (TPSA) is 143 Å². The van der Waals surface area contributed by atoms with Crippen molar-refractivity contribution in [3.63, 3.8) is 0 Å². The molecular weight excluding hydrogens is 572 g/mol. The molecule has 0 aliphatic carbocycles. The van der Waals surface area contributed by atoms with Gasteiger partial charge in [0.15, 0.2) is 0 Å². The molecule has 234 valence electrons. The van der Waals surface area contributed by atoms with Crippen LogP contribution in [0.15, 0.2) is 58.3 Å². The molecule has 10 heteroatoms. The lowest BCUT2D eigenvalue weighted by Crippen LogP contribution is -2.15. The maximum atomic E-state index is 12.4. The number of ether oxygens (including phenoxy) is 2. The van der Waals surface area contributed by atoms with Crippen LogP contribution in [0.3, 0.4) is 0 Å². The number of hydrogen-bond acceptors (Lipinski definition) is 6. The van der Waals surface area contributed by atoms with Gasteiger partial charge in [-0.05, 0) is 86.6 Å². The van der Waals surface area contributed by atoms with E-state index in [0.717, 1.165) is 55.5 Å². The minimum absolute atomic E-state index is 0.167. The van der Waals surface area contributed by atoms with Crippen molar-refractivity contribution in [3.8, 4) is 0 Å². The maximum absolute atomic E-state index is 12.4. The van der Waals surface area contributed by atoms with Crippen molar-refractivity contribution in [1.82, 2.24) is 15.3 Å². The molecule has 0 saturated carbocycles. The summed E-state index contributed by atoms with van der Waals surface area (Å²) in [4.78, 5) is 60.1. The zero-order chi connectivity index (χ0) is 33.0. The number of aromatic amines is 2. The fourth-order valence-electron chi connectivity index (χ4n) is 5.54. The molecule has 0 spiro atoms. The van der Waals surface area contributed by atoms with Crippen LogP contribution >= 0.6 is 0 Å². The molecule has 2 aromatic rings. The number of aromatic nitrogens is 2. The molecule has 4 heterocycles. The van der Waals surface area contributed by atoms with E-state index in [1.54, 1.807) is 13.0 Å². The first-order valence-electron chi connectivity index (χ1n) is 14.5. The van der Waals surface area contributed by atoms with E-state index in [2.05, 4.69) is 33.4 Å². The maximum Gasteiger partial charge on any atom is 0.305 e. The van der Waals surface area contributed by atoms with Crippen molar-refractivity contribution < 1.29 is 28.7 Å². The van der Waals surface area contributed by atoms with Crippen LogP contribution in [0.25, 0.3) is 18.2 Å². The summed E-state index contributed by atoms with van der Waals surface area (Å²) in [5.41, 5.74) is 8.76. The van der Waals surface area contributed by atoms with Crippen LogP contribution in [-0.2, 0) is 41.5 Å². The number of allylic oxidation sites excluding steroid dienone is 2. The zero-order valence-corrected chi connectivity index (χ0v) is 26.5. The Labute approximate surface area is 261 Å². The number of carbonyl (C=O) groups excluding carboxylic acids is 4. The van der Waals surface area contributed by atoms with Crippen molar-refractivity contribution in [2.24, 2.45) is 4.99 Å². The molecule has 0 bridgehead atoms. The van der Waals surface area contributed by atoms with Crippen molar-refractivity contribution in [2.75, 3.05) is 14.2 Å². The Morgan fingerprint density at radius 1 is 0.756 bits per heavy atom. The van der Waals surface area contributed by atoms with E-state index >= 15 is 0 Å². The van der Waals surface area contributed by atoms with Gasteiger partial charge < -0.3 is 24.8 Å². The highest BCUT2D eigenvalue weighted by molar-refractivity contribution is 6.31. The molecule has 2 amide bonds. The summed E-state index contributed by atoms with van der Waals surface area (Å²) >= 11 is 0. The zero-order valence-electron chi connectivity index (χ0n) is 26.5. The molecule has 0 unspecified atom stereocenters. The predicted molar refractivity (Wildman–Crippen MR) is 173 cm³/mol. The average molecular weight is 611 g/mol. The highest BCUT2D eigenvalue weighted by atomic mass is 16.5. The third-order valence-corrected chi connectivity index (χ3v) is 8.31. The first kappa shape index (κ1) is 32.7. The van der Waals surface area contributed by atoms with Crippen molar-refractivity contribution in [1.29, 1.82) is 0 Å². The summed E-state index contributed by atoms with van der Waals surface area (Å²) in [5.74, 6) is -1.19. The molecule has 0 saturated heterocycles. The molecule has 2 aliphatic rings. The van der Waals surface area contributed by atoms with Gasteiger partial charge in [-0.25, -0.2) is 4.99 Å². The van der Waals surface area contributed by atoms with Crippen LogP contribution < -0.4 is 16.0 Å². The first-order chi connectivity index (χ1) is 21.4. The summed E-state index contributed by atoms with van der Waals surface area (Å²) in [6, 6.07) is 0. The second kappa shape index (κ2) is 13.6. The van der Waals surface area contributed by atoms with E-state index in [9.17, 15) is 19.2 Å². The quantitative estimate of drug-likeness (QED) is 0.334. The Morgan fingerprint density at radius 3 is 1.96 bits per heavy atom. The monoisotopic (exact) mass is 610 g/mol. The number of rotatable bonds is 11. The van der Waals surface area contributed by atoms with Gasteiger partial charge in [0.2, 0.25) is 0 Å². The standard InChI is InChI=1S/C35H38N4O6/c1-9-22-21(6)34(42)39-29(22)16-27-20(5)25(12-14-33(41)45-8)31(37-27)17-30-24(11-13-32(40)44-7)19(4)26(36-30)15-28-18(3)23(10-2)35(43)38-28/h9-10,15-17,36-37H,1-2,11-14H2,3-8H3,(H,39,42)/b26-15-,29-16-,30-17-. The number of nitrogens with zero attached hydrogens (tertiary/aromatic N) is 1. The number of aliphatic imine (C=N–C) groups is 1. The first-order valence-corrected chi connectivity index (χ1v) is 14.5. The summed E-state index contributed by atoms with van der Waals surface area (Å²) in [7, 11) is 2.71. The lowest BCUT2D eigenvalue weighted by atomic mass is 10.0. The van der Waals surface area contributed by atoms with Gasteiger partial charge in [0.1, 0.15) is 0 Å². The van der Waals surface area contributed by atoms with Crippen LogP contribution in [0.1, 0.15) is 60.3 Å². The summed E-state index contributed by atoms with van der Waals surface area (Å²) in [6.07, 6.45) is 9.92. The molecular formula is C35H38N4O6. The number of carbonyl (C=O) groups is 4. The summed E-state index contributed by atoms with van der Waals surface area (Å²) in [5, 5.41) is 4.38. The normalized spacial score (nSPS) is 16.6. The number of methoxy groups -OCH3 is 2. The average Bonchev–Trinajstić information content (AvgIpc) is 3.66. The molecule has 4 rings (SSSR count). The molecule has 2 aromatic heterocycles. The van der Waals surface area contributed by atoms with Crippen LogP contribution in [0.5, 0.6) is 0 Å². The van der Waals surface area contributed by atoms with E-state index in [-0.39, 0.29) is 36.6 Å². The van der Waals surface area contributed by atoms with Gasteiger partial charge in [-0.15, -0.1) is 0 Å². The minimum atomic E-state index is -0.337. The molecule has 2 aliphatic heterocycles. The molecule has 45 heavy (non-hydrogen) atoms. The summed E-state index contributed by atoms with van der Waals surface area (Å²) < 4.78 is 9.80. The molecule has 0 radical (unpaired) electrons. The number of amides is 2. The molecule has 0 atom stereocenters. The number of esters is 2. The van der Waals surface area contributed by atoms with Gasteiger partial charge in [0, 0.05) is 51.6 Å². The second-order valence-electron chi connectivity index (χ2n) is 10.9. The highest BCUT2D eigenvalue weighted by Crippen LogP contribution is 2.27. The van der Waals surface area contributed by atoms with Gasteiger partial charge >= 0.3 is 11.9 Å². The van der Waals surface area contributed by atoms with Crippen molar-refractivity contribution >= 4 is 47.7 Å². The fourth-order valence-corrected chi connectivity index (χ4v) is 5.54. The minimum Gasteiger partial charge on any atom is -0.469 e. The fraction of sp³-hybridized carbons (Fsp3) is 0.286. The highest BCUT2D eigenvalue weighted by Gasteiger charge is 2.23. The smallest absolute Gasteiger partial charge is 0.305 e. The Hall–Kier alpha value is -5.25. The van der Waals surface area contributed by atoms with E-state index in [4.69, 9.17) is 9.47 Å². The molecule has 0 aromatic carbocycles. The Bertz CT molecular complexity index is 1890. The third-order valence-electron chi connectivity index (χ3n) is 8.31. The van der Waals surface area contributed by atoms with Gasteiger partial charge in [-0.3, -0.25) is 19.2 Å². The van der Waals surface area contributed by atoms with Crippen LogP contribution in [-0.4, -0.2) is 53.7 Å². The SMILES string of the molecule is C=CC1=C(C)C(/C=c2\[nH]/c(=C\c3[nH]c(/C=C4\NC(=O)C(C)=C4C=C)c(C)c3CCC(=O)OC)c(CCC(=O)OC)c2C)=NC1=O. The molecule has 3 N–H and O–H groups in total. The van der Waals surface area contributed by atoms with Crippen molar-refractivity contribution in [3.05, 3.63) is 97.6 Å². The summed E-state index contributed by atoms with van der Waals surface area (Å²) in [6.45, 7) is 15.1. The van der Waals surface area contributed by atoms with Crippen LogP contribution in [0, 0.1) is 13.8 Å². The molecule has 10 nitrogen and oxygen atoms in total. The number of nitrogens with one attached hydrogen (secondary N) is 3. The Balaban J connectivity index is 1.92. The van der Waals surface area contributed by atoms with E-state index in [0.29, 0.717) is 35.4 Å². The molecule has 0 fully saturated rings. The lowest BCUT2D eigenvalue weighted by Gasteiger charge is -2.04. The second-order valence-corrected chi connectivity index (χ2v) is 10.9. The third kappa shape index (κ3) is 6.64.